The number of rotatable bonds is 7. The van der Waals surface area contributed by atoms with Gasteiger partial charge in [-0.25, -0.2) is 8.42 Å². The molecule has 3 rings (SSSR count). The second kappa shape index (κ2) is 8.78. The third kappa shape index (κ3) is 5.12. The van der Waals surface area contributed by atoms with Crippen LogP contribution in [-0.4, -0.2) is 39.3 Å². The zero-order valence-corrected chi connectivity index (χ0v) is 19.4. The van der Waals surface area contributed by atoms with Crippen molar-refractivity contribution in [2.24, 2.45) is 0 Å². The van der Waals surface area contributed by atoms with Crippen molar-refractivity contribution in [3.8, 4) is 11.5 Å². The Morgan fingerprint density at radius 2 is 1.97 bits per heavy atom. The van der Waals surface area contributed by atoms with Gasteiger partial charge in [0, 0.05) is 18.1 Å². The largest absolute Gasteiger partial charge is 0.497 e. The molecule has 1 N–H and O–H groups in total. The van der Waals surface area contributed by atoms with Gasteiger partial charge in [0.2, 0.25) is 15.9 Å². The van der Waals surface area contributed by atoms with E-state index < -0.39 is 21.7 Å². The van der Waals surface area contributed by atoms with Crippen LogP contribution in [0.15, 0.2) is 48.5 Å². The molecule has 2 aromatic rings. The van der Waals surface area contributed by atoms with E-state index in [2.05, 4.69) is 5.32 Å². The molecule has 0 aromatic heterocycles. The summed E-state index contributed by atoms with van der Waals surface area (Å²) in [7, 11) is -2.22. The van der Waals surface area contributed by atoms with Gasteiger partial charge in [-0.05, 0) is 38.5 Å². The molecule has 2 atom stereocenters. The second-order valence-corrected chi connectivity index (χ2v) is 10.2. The minimum absolute atomic E-state index is 0.284. The quantitative estimate of drug-likeness (QED) is 0.702. The van der Waals surface area contributed by atoms with E-state index in [0.29, 0.717) is 24.3 Å². The third-order valence-corrected chi connectivity index (χ3v) is 6.51. The van der Waals surface area contributed by atoms with Crippen molar-refractivity contribution in [3.63, 3.8) is 0 Å². The monoisotopic (exact) mass is 446 g/mol. The molecule has 0 saturated carbocycles. The van der Waals surface area contributed by atoms with Crippen molar-refractivity contribution >= 4 is 21.6 Å². The maximum atomic E-state index is 13.4. The highest BCUT2D eigenvalue weighted by Crippen LogP contribution is 2.39. The van der Waals surface area contributed by atoms with Gasteiger partial charge in [-0.1, -0.05) is 31.2 Å². The Kier molecular flexibility index (Phi) is 6.50. The van der Waals surface area contributed by atoms with Crippen LogP contribution in [0.1, 0.15) is 45.2 Å². The van der Waals surface area contributed by atoms with Crippen LogP contribution in [0.4, 0.5) is 5.69 Å². The van der Waals surface area contributed by atoms with E-state index in [4.69, 9.17) is 9.47 Å². The molecule has 31 heavy (non-hydrogen) atoms. The average Bonchev–Trinajstić information content (AvgIpc) is 2.70. The first kappa shape index (κ1) is 22.9. The molecule has 0 bridgehead atoms. The average molecular weight is 447 g/mol. The number of amides is 1. The summed E-state index contributed by atoms with van der Waals surface area (Å²) in [5.74, 6) is 0.889. The van der Waals surface area contributed by atoms with Crippen molar-refractivity contribution in [1.29, 1.82) is 0 Å². The fourth-order valence-corrected chi connectivity index (χ4v) is 5.21. The summed E-state index contributed by atoms with van der Waals surface area (Å²) < 4.78 is 37.9. The number of hydrogen-bond donors (Lipinski definition) is 1. The molecule has 168 valence electrons. The maximum Gasteiger partial charge on any atom is 0.244 e. The summed E-state index contributed by atoms with van der Waals surface area (Å²) in [5, 5.41) is 3.08. The molecule has 8 heteroatoms. The van der Waals surface area contributed by atoms with E-state index in [9.17, 15) is 13.2 Å². The smallest absolute Gasteiger partial charge is 0.244 e. The number of hydrogen-bond acceptors (Lipinski definition) is 5. The summed E-state index contributed by atoms with van der Waals surface area (Å²) in [5.41, 5.74) is 0.811. The number of sulfonamides is 1. The number of methoxy groups -OCH3 is 1. The molecule has 0 radical (unpaired) electrons. The standard InChI is InChI=1S/C23H30N2O5S/c1-6-20(25(31(5,27)28)16-10-9-11-17(14-16)29-4)22(26)24-19-15-23(2,3)30-21-13-8-7-12-18(19)21/h7-14,19-20H,6,15H2,1-5H3,(H,24,26)/t19-,20+/m0/s1. The first-order valence-corrected chi connectivity index (χ1v) is 12.1. The lowest BCUT2D eigenvalue weighted by Gasteiger charge is -2.39. The number of carbonyl (C=O) groups is 1. The molecule has 0 aliphatic carbocycles. The number of ether oxygens (including phenoxy) is 2. The van der Waals surface area contributed by atoms with E-state index in [1.165, 1.54) is 11.4 Å². The van der Waals surface area contributed by atoms with E-state index in [1.54, 1.807) is 31.2 Å². The molecule has 1 amide bonds. The lowest BCUT2D eigenvalue weighted by Crippen LogP contribution is -2.51. The van der Waals surface area contributed by atoms with Crippen LogP contribution in [-0.2, 0) is 14.8 Å². The molecule has 1 heterocycles. The molecule has 1 aliphatic heterocycles. The minimum Gasteiger partial charge on any atom is -0.497 e. The lowest BCUT2D eigenvalue weighted by atomic mass is 9.89. The Morgan fingerprint density at radius 3 is 2.61 bits per heavy atom. The van der Waals surface area contributed by atoms with Crippen LogP contribution in [0.3, 0.4) is 0 Å². The molecule has 0 unspecified atom stereocenters. The molecule has 0 spiro atoms. The molecule has 0 fully saturated rings. The predicted molar refractivity (Wildman–Crippen MR) is 121 cm³/mol. The van der Waals surface area contributed by atoms with Gasteiger partial charge in [0.25, 0.3) is 0 Å². The van der Waals surface area contributed by atoms with Gasteiger partial charge in [0.1, 0.15) is 23.1 Å². The predicted octanol–water partition coefficient (Wildman–Crippen LogP) is 3.66. The molecule has 7 nitrogen and oxygen atoms in total. The Labute approximate surface area is 184 Å². The fraction of sp³-hybridized carbons (Fsp3) is 0.435. The van der Waals surface area contributed by atoms with Gasteiger partial charge in [-0.3, -0.25) is 9.10 Å². The Balaban J connectivity index is 1.94. The van der Waals surface area contributed by atoms with Crippen LogP contribution in [0, 0.1) is 0 Å². The Hall–Kier alpha value is -2.74. The van der Waals surface area contributed by atoms with E-state index in [-0.39, 0.29) is 11.9 Å². The highest BCUT2D eigenvalue weighted by atomic mass is 32.2. The Morgan fingerprint density at radius 1 is 1.26 bits per heavy atom. The molecule has 2 aromatic carbocycles. The molecule has 0 saturated heterocycles. The lowest BCUT2D eigenvalue weighted by molar-refractivity contribution is -0.123. The van der Waals surface area contributed by atoms with Crippen LogP contribution < -0.4 is 19.1 Å². The van der Waals surface area contributed by atoms with Crippen molar-refractivity contribution < 1.29 is 22.7 Å². The van der Waals surface area contributed by atoms with Crippen LogP contribution in [0.2, 0.25) is 0 Å². The number of anilines is 1. The summed E-state index contributed by atoms with van der Waals surface area (Å²) >= 11 is 0. The van der Waals surface area contributed by atoms with Crippen LogP contribution in [0.5, 0.6) is 11.5 Å². The zero-order valence-electron chi connectivity index (χ0n) is 18.6. The number of fused-ring (bicyclic) bond motifs is 1. The van der Waals surface area contributed by atoms with Crippen molar-refractivity contribution in [2.75, 3.05) is 17.7 Å². The van der Waals surface area contributed by atoms with Gasteiger partial charge in [0.15, 0.2) is 0 Å². The van der Waals surface area contributed by atoms with Crippen molar-refractivity contribution in [3.05, 3.63) is 54.1 Å². The van der Waals surface area contributed by atoms with E-state index in [0.717, 1.165) is 17.6 Å². The van der Waals surface area contributed by atoms with Gasteiger partial charge < -0.3 is 14.8 Å². The van der Waals surface area contributed by atoms with Crippen molar-refractivity contribution in [1.82, 2.24) is 5.32 Å². The first-order valence-electron chi connectivity index (χ1n) is 10.3. The number of nitrogens with one attached hydrogen (secondary N) is 1. The second-order valence-electron chi connectivity index (χ2n) is 8.35. The SMILES string of the molecule is CC[C@H](C(=O)N[C@H]1CC(C)(C)Oc2ccccc21)N(c1cccc(OC)c1)S(C)(=O)=O. The van der Waals surface area contributed by atoms with Crippen LogP contribution >= 0.6 is 0 Å². The topological polar surface area (TPSA) is 84.9 Å². The summed E-state index contributed by atoms with van der Waals surface area (Å²) in [6.07, 6.45) is 1.99. The third-order valence-electron chi connectivity index (χ3n) is 5.33. The van der Waals surface area contributed by atoms with Gasteiger partial charge in [0.05, 0.1) is 25.1 Å². The normalized spacial score (nSPS) is 18.3. The van der Waals surface area contributed by atoms with Gasteiger partial charge >= 0.3 is 0 Å². The van der Waals surface area contributed by atoms with Crippen LogP contribution in [0.25, 0.3) is 0 Å². The number of para-hydroxylation sites is 1. The van der Waals surface area contributed by atoms with E-state index in [1.807, 2.05) is 38.1 Å². The van der Waals surface area contributed by atoms with Gasteiger partial charge in [-0.2, -0.15) is 0 Å². The van der Waals surface area contributed by atoms with Gasteiger partial charge in [-0.15, -0.1) is 0 Å². The summed E-state index contributed by atoms with van der Waals surface area (Å²) in [6.45, 7) is 5.74. The number of benzene rings is 2. The zero-order chi connectivity index (χ0) is 22.8. The molecular formula is C23H30N2O5S. The fourth-order valence-electron chi connectivity index (χ4n) is 4.01. The van der Waals surface area contributed by atoms with E-state index >= 15 is 0 Å². The maximum absolute atomic E-state index is 13.4. The minimum atomic E-state index is -3.73. The molecule has 1 aliphatic rings. The summed E-state index contributed by atoms with van der Waals surface area (Å²) in [6, 6.07) is 13.1. The number of nitrogens with zero attached hydrogens (tertiary/aromatic N) is 1. The summed E-state index contributed by atoms with van der Waals surface area (Å²) in [4.78, 5) is 13.4. The Bertz CT molecular complexity index is 1050. The first-order chi connectivity index (χ1) is 14.6. The molecular weight excluding hydrogens is 416 g/mol. The number of carbonyl (C=O) groups excluding carboxylic acids is 1. The highest BCUT2D eigenvalue weighted by molar-refractivity contribution is 7.92. The van der Waals surface area contributed by atoms with Crippen molar-refractivity contribution in [2.45, 2.75) is 51.3 Å². The highest BCUT2D eigenvalue weighted by Gasteiger charge is 2.37.